The number of hydrogen-bond donors (Lipinski definition) is 0. The van der Waals surface area contributed by atoms with Crippen molar-refractivity contribution in [3.05, 3.63) is 21.0 Å². The van der Waals surface area contributed by atoms with Gasteiger partial charge >= 0.3 is 0 Å². The van der Waals surface area contributed by atoms with Crippen molar-refractivity contribution in [2.75, 3.05) is 0 Å². The Hall–Kier alpha value is -1.17. The third kappa shape index (κ3) is 1.09. The van der Waals surface area contributed by atoms with E-state index in [4.69, 9.17) is 0 Å². The second-order valence-corrected chi connectivity index (χ2v) is 3.66. The van der Waals surface area contributed by atoms with Gasteiger partial charge in [-0.25, -0.2) is 4.68 Å². The van der Waals surface area contributed by atoms with Crippen LogP contribution in [0.2, 0.25) is 0 Å². The SMILES string of the molecule is Cn1cc(Br)c2c(nnn2C)c1=O. The maximum Gasteiger partial charge on any atom is 0.280 e. The summed E-state index contributed by atoms with van der Waals surface area (Å²) in [5.41, 5.74) is 0.980. The molecule has 0 fully saturated rings. The van der Waals surface area contributed by atoms with Gasteiger partial charge in [0.2, 0.25) is 0 Å². The minimum Gasteiger partial charge on any atom is -0.315 e. The van der Waals surface area contributed by atoms with Crippen molar-refractivity contribution in [2.45, 2.75) is 0 Å². The first kappa shape index (κ1) is 8.43. The van der Waals surface area contributed by atoms with Gasteiger partial charge in [-0.3, -0.25) is 4.79 Å². The van der Waals surface area contributed by atoms with E-state index in [1.165, 1.54) is 4.57 Å². The number of aryl methyl sites for hydroxylation is 2. The van der Waals surface area contributed by atoms with Crippen LogP contribution in [-0.4, -0.2) is 19.6 Å². The van der Waals surface area contributed by atoms with E-state index in [9.17, 15) is 4.79 Å². The molecule has 2 aromatic heterocycles. The fraction of sp³-hybridized carbons (Fsp3) is 0.286. The minimum absolute atomic E-state index is 0.133. The summed E-state index contributed by atoms with van der Waals surface area (Å²) >= 11 is 3.35. The molecule has 0 aliphatic carbocycles. The quantitative estimate of drug-likeness (QED) is 0.674. The zero-order valence-electron chi connectivity index (χ0n) is 7.15. The second-order valence-electron chi connectivity index (χ2n) is 2.80. The molecule has 0 radical (unpaired) electrons. The maximum atomic E-state index is 11.5. The van der Waals surface area contributed by atoms with Crippen molar-refractivity contribution in [1.29, 1.82) is 0 Å². The lowest BCUT2D eigenvalue weighted by Crippen LogP contribution is -2.16. The molecule has 0 aliphatic rings. The molecule has 0 N–H and O–H groups in total. The summed E-state index contributed by atoms with van der Waals surface area (Å²) in [5.74, 6) is 0. The lowest BCUT2D eigenvalue weighted by atomic mass is 10.4. The topological polar surface area (TPSA) is 52.7 Å². The highest BCUT2D eigenvalue weighted by molar-refractivity contribution is 9.10. The molecule has 2 heterocycles. The van der Waals surface area contributed by atoms with Crippen LogP contribution in [0.25, 0.3) is 11.0 Å². The van der Waals surface area contributed by atoms with Crippen molar-refractivity contribution >= 4 is 27.0 Å². The molecule has 2 aromatic rings. The third-order valence-electron chi connectivity index (χ3n) is 1.88. The third-order valence-corrected chi connectivity index (χ3v) is 2.46. The Morgan fingerprint density at radius 3 is 2.85 bits per heavy atom. The van der Waals surface area contributed by atoms with Crippen LogP contribution in [-0.2, 0) is 14.1 Å². The first-order valence-corrected chi connectivity index (χ1v) is 4.45. The molecular weight excluding hydrogens is 236 g/mol. The van der Waals surface area contributed by atoms with Crippen LogP contribution in [0.5, 0.6) is 0 Å². The van der Waals surface area contributed by atoms with E-state index >= 15 is 0 Å². The Kier molecular flexibility index (Phi) is 1.73. The normalized spacial score (nSPS) is 11.0. The van der Waals surface area contributed by atoms with E-state index in [1.807, 2.05) is 0 Å². The predicted octanol–water partition coefficient (Wildman–Crippen LogP) is 0.429. The zero-order chi connectivity index (χ0) is 9.59. The van der Waals surface area contributed by atoms with Gasteiger partial charge in [0.15, 0.2) is 5.52 Å². The Balaban J connectivity index is 3.08. The summed E-state index contributed by atoms with van der Waals surface area (Å²) in [6, 6.07) is 0. The average Bonchev–Trinajstić information content (AvgIpc) is 2.44. The lowest BCUT2D eigenvalue weighted by molar-refractivity contribution is 0.735. The number of nitrogens with zero attached hydrogens (tertiary/aromatic N) is 4. The molecule has 0 saturated carbocycles. The van der Waals surface area contributed by atoms with Gasteiger partial charge in [0.05, 0.1) is 4.47 Å². The molecule has 68 valence electrons. The largest absolute Gasteiger partial charge is 0.315 e. The molecule has 0 aromatic carbocycles. The molecule has 0 unspecified atom stereocenters. The average molecular weight is 243 g/mol. The molecule has 5 nitrogen and oxygen atoms in total. The van der Waals surface area contributed by atoms with E-state index in [-0.39, 0.29) is 5.56 Å². The van der Waals surface area contributed by atoms with Gasteiger partial charge in [-0.1, -0.05) is 5.21 Å². The van der Waals surface area contributed by atoms with Gasteiger partial charge in [0.25, 0.3) is 5.56 Å². The molecular formula is C7H7BrN4O. The highest BCUT2D eigenvalue weighted by Gasteiger charge is 2.10. The highest BCUT2D eigenvalue weighted by Crippen LogP contribution is 2.17. The fourth-order valence-corrected chi connectivity index (χ4v) is 1.98. The number of rotatable bonds is 0. The Morgan fingerprint density at radius 2 is 2.15 bits per heavy atom. The minimum atomic E-state index is -0.133. The van der Waals surface area contributed by atoms with Crippen LogP contribution >= 0.6 is 15.9 Å². The molecule has 0 aliphatic heterocycles. The first-order chi connectivity index (χ1) is 6.11. The number of aromatic nitrogens is 4. The van der Waals surface area contributed by atoms with Gasteiger partial charge < -0.3 is 4.57 Å². The molecule has 0 spiro atoms. The van der Waals surface area contributed by atoms with Crippen molar-refractivity contribution in [3.8, 4) is 0 Å². The van der Waals surface area contributed by atoms with Crippen LogP contribution in [0.1, 0.15) is 0 Å². The van der Waals surface area contributed by atoms with E-state index in [2.05, 4.69) is 26.2 Å². The van der Waals surface area contributed by atoms with Crippen molar-refractivity contribution in [2.24, 2.45) is 14.1 Å². The van der Waals surface area contributed by atoms with Crippen LogP contribution < -0.4 is 5.56 Å². The van der Waals surface area contributed by atoms with Gasteiger partial charge in [-0.15, -0.1) is 5.10 Å². The van der Waals surface area contributed by atoms with Crippen LogP contribution in [0.15, 0.2) is 15.5 Å². The standard InChI is InChI=1S/C7H7BrN4O/c1-11-3-4(8)6-5(7(11)13)9-10-12(6)2/h3H,1-2H3. The monoisotopic (exact) mass is 242 g/mol. The van der Waals surface area contributed by atoms with Gasteiger partial charge in [-0.2, -0.15) is 0 Å². The maximum absolute atomic E-state index is 11.5. The van der Waals surface area contributed by atoms with Crippen molar-refractivity contribution in [1.82, 2.24) is 19.6 Å². The number of halogens is 1. The van der Waals surface area contributed by atoms with Gasteiger partial charge in [0.1, 0.15) is 5.52 Å². The van der Waals surface area contributed by atoms with Crippen molar-refractivity contribution < 1.29 is 0 Å². The molecule has 6 heteroatoms. The first-order valence-electron chi connectivity index (χ1n) is 3.66. The molecule has 0 atom stereocenters. The van der Waals surface area contributed by atoms with E-state index < -0.39 is 0 Å². The summed E-state index contributed by atoms with van der Waals surface area (Å²) < 4.78 is 3.86. The zero-order valence-corrected chi connectivity index (χ0v) is 8.74. The lowest BCUT2D eigenvalue weighted by Gasteiger charge is -1.99. The van der Waals surface area contributed by atoms with Crippen molar-refractivity contribution in [3.63, 3.8) is 0 Å². The Bertz CT molecular complexity index is 527. The van der Waals surface area contributed by atoms with Crippen LogP contribution in [0.3, 0.4) is 0 Å². The number of hydrogen-bond acceptors (Lipinski definition) is 3. The van der Waals surface area contributed by atoms with Gasteiger partial charge in [0, 0.05) is 20.3 Å². The van der Waals surface area contributed by atoms with Crippen LogP contribution in [0, 0.1) is 0 Å². The molecule has 0 bridgehead atoms. The number of pyridine rings is 1. The second kappa shape index (κ2) is 2.66. The van der Waals surface area contributed by atoms with E-state index in [0.717, 1.165) is 9.99 Å². The predicted molar refractivity (Wildman–Crippen MR) is 51.5 cm³/mol. The van der Waals surface area contributed by atoms with E-state index in [1.54, 1.807) is 25.0 Å². The summed E-state index contributed by atoms with van der Waals surface area (Å²) in [7, 11) is 3.43. The summed E-state index contributed by atoms with van der Waals surface area (Å²) in [6.45, 7) is 0. The van der Waals surface area contributed by atoms with E-state index in [0.29, 0.717) is 5.52 Å². The molecule has 13 heavy (non-hydrogen) atoms. The fourth-order valence-electron chi connectivity index (χ4n) is 1.23. The van der Waals surface area contributed by atoms with Crippen LogP contribution in [0.4, 0.5) is 0 Å². The summed E-state index contributed by atoms with van der Waals surface area (Å²) in [4.78, 5) is 11.5. The molecule has 0 amide bonds. The smallest absolute Gasteiger partial charge is 0.280 e. The Labute approximate surface area is 82.1 Å². The Morgan fingerprint density at radius 1 is 1.46 bits per heavy atom. The molecule has 0 saturated heterocycles. The van der Waals surface area contributed by atoms with Gasteiger partial charge in [-0.05, 0) is 15.9 Å². The molecule has 2 rings (SSSR count). The summed E-state index contributed by atoms with van der Waals surface area (Å²) in [5, 5.41) is 7.57. The summed E-state index contributed by atoms with van der Waals surface area (Å²) in [6.07, 6.45) is 1.70. The number of fused-ring (bicyclic) bond motifs is 1. The highest BCUT2D eigenvalue weighted by atomic mass is 79.9.